The normalized spacial score (nSPS) is 12.0. The molecular weight excluding hydrogens is 420 g/mol. The van der Waals surface area contributed by atoms with Crippen LogP contribution in [0.2, 0.25) is 0 Å². The summed E-state index contributed by atoms with van der Waals surface area (Å²) in [5.74, 6) is -0.440. The first-order valence-electron chi connectivity index (χ1n) is 7.71. The van der Waals surface area contributed by atoms with Gasteiger partial charge < -0.3 is 24.3 Å². The molecule has 0 saturated carbocycles. The zero-order chi connectivity index (χ0) is 19.0. The molecule has 2 heterocycles. The van der Waals surface area contributed by atoms with Gasteiger partial charge >= 0.3 is 11.9 Å². The molecule has 4 rings (SSSR count). The van der Waals surface area contributed by atoms with Gasteiger partial charge in [-0.25, -0.2) is 9.78 Å². The van der Waals surface area contributed by atoms with Crippen molar-refractivity contribution in [1.82, 2.24) is 4.98 Å². The molecule has 0 spiro atoms. The number of amides is 1. The second-order valence-electron chi connectivity index (χ2n) is 5.55. The van der Waals surface area contributed by atoms with Crippen molar-refractivity contribution >= 4 is 33.5 Å². The number of halogens is 1. The second-order valence-corrected chi connectivity index (χ2v) is 6.46. The van der Waals surface area contributed by atoms with Gasteiger partial charge in [-0.3, -0.25) is 4.79 Å². The number of nitrogens with zero attached hydrogens (tertiary/aromatic N) is 1. The molecule has 3 aromatic rings. The Kier molecular flexibility index (Phi) is 4.28. The van der Waals surface area contributed by atoms with Crippen LogP contribution in [0.4, 0.5) is 5.69 Å². The van der Waals surface area contributed by atoms with Crippen LogP contribution in [-0.4, -0.2) is 28.8 Å². The van der Waals surface area contributed by atoms with Crippen LogP contribution in [0.1, 0.15) is 21.0 Å². The van der Waals surface area contributed by atoms with Crippen LogP contribution in [0.25, 0.3) is 11.3 Å². The molecule has 2 aromatic carbocycles. The van der Waals surface area contributed by atoms with E-state index in [1.165, 1.54) is 18.3 Å². The Bertz CT molecular complexity index is 1060. The summed E-state index contributed by atoms with van der Waals surface area (Å²) < 4.78 is 16.7. The number of aromatic nitrogens is 1. The number of carbonyl (C=O) groups excluding carboxylic acids is 1. The Morgan fingerprint density at radius 2 is 1.93 bits per heavy atom. The van der Waals surface area contributed by atoms with Crippen molar-refractivity contribution in [1.29, 1.82) is 0 Å². The summed E-state index contributed by atoms with van der Waals surface area (Å²) >= 11 is 3.20. The van der Waals surface area contributed by atoms with Crippen LogP contribution in [0.5, 0.6) is 11.5 Å². The number of aromatic carboxylic acids is 1. The molecule has 1 aromatic heterocycles. The van der Waals surface area contributed by atoms with Crippen molar-refractivity contribution in [2.75, 3.05) is 12.1 Å². The average molecular weight is 431 g/mol. The minimum Gasteiger partial charge on any atom is -0.478 e. The van der Waals surface area contributed by atoms with Gasteiger partial charge in [0.1, 0.15) is 0 Å². The number of hydrogen-bond donors (Lipinski definition) is 2. The highest BCUT2D eigenvalue weighted by Gasteiger charge is 2.20. The summed E-state index contributed by atoms with van der Waals surface area (Å²) in [6, 6.07) is 9.71. The van der Waals surface area contributed by atoms with E-state index in [1.807, 2.05) is 0 Å². The standard InChI is InChI=1S/C18H11BrN2O6/c19-10-2-3-12(11(6-10)18(23)24)21-16(22)17-20-7-15(27-17)9-1-4-13-14(5-9)26-8-25-13/h1-7H,8H2,(H,21,22)(H,23,24). The number of fused-ring (bicyclic) bond motifs is 1. The number of ether oxygens (including phenoxy) is 2. The number of oxazole rings is 1. The van der Waals surface area contributed by atoms with Crippen molar-refractivity contribution in [3.05, 3.63) is 58.5 Å². The highest BCUT2D eigenvalue weighted by atomic mass is 79.9. The Hall–Kier alpha value is -3.33. The van der Waals surface area contributed by atoms with Gasteiger partial charge in [-0.2, -0.15) is 0 Å². The maximum Gasteiger partial charge on any atom is 0.337 e. The number of nitrogens with one attached hydrogen (secondary N) is 1. The molecule has 0 unspecified atom stereocenters. The fourth-order valence-corrected chi connectivity index (χ4v) is 2.90. The van der Waals surface area contributed by atoms with Gasteiger partial charge in [0.05, 0.1) is 17.4 Å². The predicted molar refractivity (Wildman–Crippen MR) is 97.1 cm³/mol. The summed E-state index contributed by atoms with van der Waals surface area (Å²) in [5.41, 5.74) is 0.750. The zero-order valence-electron chi connectivity index (χ0n) is 13.6. The number of rotatable bonds is 4. The molecular formula is C18H11BrN2O6. The molecule has 0 fully saturated rings. The summed E-state index contributed by atoms with van der Waals surface area (Å²) in [6.45, 7) is 0.155. The van der Waals surface area contributed by atoms with Gasteiger partial charge in [-0.1, -0.05) is 15.9 Å². The lowest BCUT2D eigenvalue weighted by Crippen LogP contribution is -2.15. The van der Waals surface area contributed by atoms with Crippen LogP contribution >= 0.6 is 15.9 Å². The molecule has 0 aliphatic carbocycles. The van der Waals surface area contributed by atoms with Gasteiger partial charge in [-0.15, -0.1) is 0 Å². The van der Waals surface area contributed by atoms with E-state index in [9.17, 15) is 14.7 Å². The SMILES string of the molecule is O=C(Nc1ccc(Br)cc1C(=O)O)c1ncc(-c2ccc3c(c2)OCO3)o1. The molecule has 0 saturated heterocycles. The largest absolute Gasteiger partial charge is 0.478 e. The van der Waals surface area contributed by atoms with Crippen molar-refractivity contribution in [3.63, 3.8) is 0 Å². The molecule has 1 aliphatic rings. The zero-order valence-corrected chi connectivity index (χ0v) is 15.1. The number of carbonyl (C=O) groups is 2. The summed E-state index contributed by atoms with van der Waals surface area (Å²) in [4.78, 5) is 27.7. The summed E-state index contributed by atoms with van der Waals surface area (Å²) in [7, 11) is 0. The maximum absolute atomic E-state index is 12.4. The Morgan fingerprint density at radius 1 is 1.11 bits per heavy atom. The molecule has 0 atom stereocenters. The molecule has 0 radical (unpaired) electrons. The van der Waals surface area contributed by atoms with E-state index in [-0.39, 0.29) is 23.9 Å². The molecule has 1 aliphatic heterocycles. The minimum absolute atomic E-state index is 0.0553. The average Bonchev–Trinajstić information content (AvgIpc) is 3.31. The molecule has 27 heavy (non-hydrogen) atoms. The molecule has 0 bridgehead atoms. The van der Waals surface area contributed by atoms with E-state index in [0.717, 1.165) is 0 Å². The van der Waals surface area contributed by atoms with E-state index < -0.39 is 11.9 Å². The van der Waals surface area contributed by atoms with E-state index in [4.69, 9.17) is 13.9 Å². The van der Waals surface area contributed by atoms with Crippen LogP contribution in [0, 0.1) is 0 Å². The maximum atomic E-state index is 12.4. The molecule has 1 amide bonds. The number of carboxylic acid groups (broad SMARTS) is 1. The molecule has 9 heteroatoms. The fraction of sp³-hybridized carbons (Fsp3) is 0.0556. The molecule has 2 N–H and O–H groups in total. The van der Waals surface area contributed by atoms with E-state index >= 15 is 0 Å². The van der Waals surface area contributed by atoms with Crippen LogP contribution < -0.4 is 14.8 Å². The van der Waals surface area contributed by atoms with Crippen LogP contribution in [-0.2, 0) is 0 Å². The quantitative estimate of drug-likeness (QED) is 0.647. The van der Waals surface area contributed by atoms with E-state index in [0.29, 0.717) is 27.3 Å². The third-order valence-electron chi connectivity index (χ3n) is 3.82. The van der Waals surface area contributed by atoms with Crippen LogP contribution in [0.15, 0.2) is 51.5 Å². The Balaban J connectivity index is 1.57. The predicted octanol–water partition coefficient (Wildman–Crippen LogP) is 3.78. The van der Waals surface area contributed by atoms with Gasteiger partial charge in [0.15, 0.2) is 17.3 Å². The summed E-state index contributed by atoms with van der Waals surface area (Å²) in [6.07, 6.45) is 1.41. The van der Waals surface area contributed by atoms with Crippen molar-refractivity contribution in [2.24, 2.45) is 0 Å². The van der Waals surface area contributed by atoms with Gasteiger partial charge in [0, 0.05) is 10.0 Å². The van der Waals surface area contributed by atoms with Gasteiger partial charge in [0.25, 0.3) is 5.89 Å². The highest BCUT2D eigenvalue weighted by molar-refractivity contribution is 9.10. The third-order valence-corrected chi connectivity index (χ3v) is 4.31. The highest BCUT2D eigenvalue weighted by Crippen LogP contribution is 2.36. The fourth-order valence-electron chi connectivity index (χ4n) is 2.54. The monoisotopic (exact) mass is 430 g/mol. The number of carboxylic acids is 1. The first-order chi connectivity index (χ1) is 13.0. The minimum atomic E-state index is -1.17. The lowest BCUT2D eigenvalue weighted by atomic mass is 10.1. The first-order valence-corrected chi connectivity index (χ1v) is 8.50. The van der Waals surface area contributed by atoms with Crippen LogP contribution in [0.3, 0.4) is 0 Å². The Labute approximate surface area is 160 Å². The molecule has 136 valence electrons. The third kappa shape index (κ3) is 3.36. The van der Waals surface area contributed by atoms with E-state index in [1.54, 1.807) is 24.3 Å². The topological polar surface area (TPSA) is 111 Å². The summed E-state index contributed by atoms with van der Waals surface area (Å²) in [5, 5.41) is 11.8. The number of anilines is 1. The Morgan fingerprint density at radius 3 is 2.74 bits per heavy atom. The van der Waals surface area contributed by atoms with Gasteiger partial charge in [-0.05, 0) is 36.4 Å². The first kappa shape index (κ1) is 17.1. The van der Waals surface area contributed by atoms with Crippen molar-refractivity contribution in [2.45, 2.75) is 0 Å². The van der Waals surface area contributed by atoms with Crippen molar-refractivity contribution in [3.8, 4) is 22.8 Å². The lowest BCUT2D eigenvalue weighted by Gasteiger charge is -2.07. The van der Waals surface area contributed by atoms with Gasteiger partial charge in [0.2, 0.25) is 6.79 Å². The number of hydrogen-bond acceptors (Lipinski definition) is 6. The molecule has 8 nitrogen and oxygen atoms in total. The second kappa shape index (κ2) is 6.76. The van der Waals surface area contributed by atoms with Crippen molar-refractivity contribution < 1.29 is 28.6 Å². The lowest BCUT2D eigenvalue weighted by molar-refractivity contribution is 0.0698. The number of benzene rings is 2. The smallest absolute Gasteiger partial charge is 0.337 e. The van der Waals surface area contributed by atoms with E-state index in [2.05, 4.69) is 26.2 Å².